The minimum Gasteiger partial charge on any atom is -0.301 e. The zero-order chi connectivity index (χ0) is 20.4. The lowest BCUT2D eigenvalue weighted by atomic mass is 10.0. The van der Waals surface area contributed by atoms with Gasteiger partial charge in [0.25, 0.3) is 0 Å². The highest BCUT2D eigenvalue weighted by Gasteiger charge is 2.00. The van der Waals surface area contributed by atoms with Gasteiger partial charge in [-0.15, -0.1) is 0 Å². The first-order valence-electron chi connectivity index (χ1n) is 12.1. The summed E-state index contributed by atoms with van der Waals surface area (Å²) >= 11 is 0. The molecule has 0 aliphatic heterocycles. The van der Waals surface area contributed by atoms with E-state index in [4.69, 9.17) is 5.26 Å². The molecule has 3 nitrogen and oxygen atoms in total. The number of unbranched alkanes of at least 4 members (excludes halogenated alkanes) is 17. The van der Waals surface area contributed by atoms with Crippen molar-refractivity contribution in [1.82, 2.24) is 0 Å². The highest BCUT2D eigenvalue weighted by atomic mass is 17.1. The van der Waals surface area contributed by atoms with E-state index >= 15 is 0 Å². The molecule has 0 aliphatic rings. The predicted octanol–water partition coefficient (Wildman–Crippen LogP) is 8.85. The maximum atomic E-state index is 10.7. The molecule has 0 spiro atoms. The molecule has 1 N–H and O–H groups in total. The molecule has 0 rings (SSSR count). The van der Waals surface area contributed by atoms with Gasteiger partial charge in [0.05, 0.1) is 0 Å². The van der Waals surface area contributed by atoms with Crippen molar-refractivity contribution in [3.63, 3.8) is 0 Å². The molecule has 0 unspecified atom stereocenters. The van der Waals surface area contributed by atoms with Gasteiger partial charge in [0.15, 0.2) is 0 Å². The van der Waals surface area contributed by atoms with E-state index in [1.807, 2.05) is 0 Å². The van der Waals surface area contributed by atoms with E-state index in [1.165, 1.54) is 109 Å². The zero-order valence-corrected chi connectivity index (χ0v) is 18.9. The maximum Gasteiger partial charge on any atom is 0.342 e. The molecule has 0 amide bonds. The second-order valence-electron chi connectivity index (χ2n) is 7.87. The van der Waals surface area contributed by atoms with Crippen molar-refractivity contribution in [2.45, 2.75) is 149 Å². The van der Waals surface area contributed by atoms with Gasteiger partial charge in [0.2, 0.25) is 0 Å². The van der Waals surface area contributed by atoms with Gasteiger partial charge in [-0.1, -0.05) is 136 Å². The lowest BCUT2D eigenvalue weighted by molar-refractivity contribution is -0.234. The minimum atomic E-state index is -0.510. The Labute approximate surface area is 170 Å². The molecule has 0 saturated carbocycles. The summed E-state index contributed by atoms with van der Waals surface area (Å²) in [6, 6.07) is 0. The molecule has 0 aromatic carbocycles. The van der Waals surface area contributed by atoms with Crippen LogP contribution in [0.15, 0.2) is 0 Å². The zero-order valence-electron chi connectivity index (χ0n) is 18.9. The van der Waals surface area contributed by atoms with Crippen molar-refractivity contribution >= 4 is 5.97 Å². The quantitative estimate of drug-likeness (QED) is 0.137. The van der Waals surface area contributed by atoms with Crippen LogP contribution in [0, 0.1) is 0 Å². The highest BCUT2D eigenvalue weighted by Crippen LogP contribution is 2.13. The third-order valence-corrected chi connectivity index (χ3v) is 5.04. The number of carbonyl (C=O) groups excluding carboxylic acids is 1. The van der Waals surface area contributed by atoms with Crippen LogP contribution in [0.25, 0.3) is 0 Å². The van der Waals surface area contributed by atoms with Gasteiger partial charge in [-0.05, 0) is 6.42 Å². The fourth-order valence-electron chi connectivity index (χ4n) is 3.19. The lowest BCUT2D eigenvalue weighted by Gasteiger charge is -2.03. The summed E-state index contributed by atoms with van der Waals surface area (Å²) in [5.41, 5.74) is 0. The number of carbonyl (C=O) groups is 1. The average Bonchev–Trinajstić information content (AvgIpc) is 2.69. The Morgan fingerprint density at radius 2 is 0.778 bits per heavy atom. The molecule has 0 heterocycles. The van der Waals surface area contributed by atoms with Crippen molar-refractivity contribution in [2.24, 2.45) is 0 Å². The Bertz CT molecular complexity index is 262. The molecule has 0 aliphatic carbocycles. The second-order valence-corrected chi connectivity index (χ2v) is 7.87. The van der Waals surface area contributed by atoms with Crippen molar-refractivity contribution < 1.29 is 14.9 Å². The molecule has 0 saturated heterocycles. The Morgan fingerprint density at radius 1 is 0.519 bits per heavy atom. The van der Waals surface area contributed by atoms with Crippen LogP contribution < -0.4 is 0 Å². The lowest BCUT2D eigenvalue weighted by Crippen LogP contribution is -1.99. The Kier molecular flexibility index (Phi) is 29.3. The normalized spacial score (nSPS) is 10.4. The summed E-state index contributed by atoms with van der Waals surface area (Å²) in [4.78, 5) is 14.3. The van der Waals surface area contributed by atoms with Crippen LogP contribution in [0.4, 0.5) is 0 Å². The van der Waals surface area contributed by atoms with Crippen LogP contribution in [0.1, 0.15) is 149 Å². The predicted molar refractivity (Wildman–Crippen MR) is 118 cm³/mol. The van der Waals surface area contributed by atoms with E-state index in [0.29, 0.717) is 6.42 Å². The topological polar surface area (TPSA) is 46.5 Å². The van der Waals surface area contributed by atoms with E-state index in [2.05, 4.69) is 25.7 Å². The molecule has 164 valence electrons. The Morgan fingerprint density at radius 3 is 1.07 bits per heavy atom. The van der Waals surface area contributed by atoms with E-state index < -0.39 is 5.97 Å². The van der Waals surface area contributed by atoms with Crippen LogP contribution in [0.5, 0.6) is 0 Å². The first-order chi connectivity index (χ1) is 13.2. The van der Waals surface area contributed by atoms with Crippen LogP contribution in [-0.4, -0.2) is 11.2 Å². The fourth-order valence-corrected chi connectivity index (χ4v) is 3.19. The molecule has 0 aromatic heterocycles. The maximum absolute atomic E-state index is 10.7. The SMILES string of the molecule is CCCCCC.CCCCCCCCCCCCCCCCCC(=O)OO. The number of hydrogen-bond donors (Lipinski definition) is 1. The second kappa shape index (κ2) is 27.6. The van der Waals surface area contributed by atoms with Gasteiger partial charge in [0, 0.05) is 6.42 Å². The van der Waals surface area contributed by atoms with Gasteiger partial charge in [-0.2, -0.15) is 5.26 Å². The molecule has 27 heavy (non-hydrogen) atoms. The summed E-state index contributed by atoms with van der Waals surface area (Å²) in [7, 11) is 0. The first-order valence-corrected chi connectivity index (χ1v) is 12.1. The number of hydrogen-bond acceptors (Lipinski definition) is 3. The summed E-state index contributed by atoms with van der Waals surface area (Å²) < 4.78 is 0. The van der Waals surface area contributed by atoms with Crippen LogP contribution in [0.2, 0.25) is 0 Å². The Hall–Kier alpha value is -0.570. The standard InChI is InChI=1S/C18H36O3.C6H14/c1-2-3-4-5-6-7-8-9-10-11-12-13-14-15-16-17-18(19)21-20;1-3-5-6-4-2/h20H,2-17H2,1H3;3-6H2,1-2H3. The van der Waals surface area contributed by atoms with Crippen molar-refractivity contribution in [2.75, 3.05) is 0 Å². The van der Waals surface area contributed by atoms with Gasteiger partial charge in [-0.3, -0.25) is 0 Å². The minimum absolute atomic E-state index is 0.342. The monoisotopic (exact) mass is 386 g/mol. The molecule has 0 fully saturated rings. The third kappa shape index (κ3) is 30.4. The van der Waals surface area contributed by atoms with Gasteiger partial charge < -0.3 is 4.89 Å². The van der Waals surface area contributed by atoms with Crippen molar-refractivity contribution in [3.05, 3.63) is 0 Å². The first kappa shape index (κ1) is 28.6. The summed E-state index contributed by atoms with van der Waals surface area (Å²) in [6.07, 6.45) is 25.5. The average molecular weight is 387 g/mol. The molecule has 0 atom stereocenters. The largest absolute Gasteiger partial charge is 0.342 e. The highest BCUT2D eigenvalue weighted by molar-refractivity contribution is 5.68. The summed E-state index contributed by atoms with van der Waals surface area (Å²) in [6.45, 7) is 6.73. The van der Waals surface area contributed by atoms with E-state index in [9.17, 15) is 4.79 Å². The van der Waals surface area contributed by atoms with E-state index in [-0.39, 0.29) is 0 Å². The van der Waals surface area contributed by atoms with Gasteiger partial charge >= 0.3 is 5.97 Å². The molecular formula is C24H50O3. The molecule has 0 radical (unpaired) electrons. The van der Waals surface area contributed by atoms with E-state index in [1.54, 1.807) is 0 Å². The molecule has 0 bridgehead atoms. The summed E-state index contributed by atoms with van der Waals surface area (Å²) in [5, 5.41) is 8.10. The fraction of sp³-hybridized carbons (Fsp3) is 0.958. The van der Waals surface area contributed by atoms with Crippen LogP contribution in [0.3, 0.4) is 0 Å². The molecular weight excluding hydrogens is 336 g/mol. The van der Waals surface area contributed by atoms with E-state index in [0.717, 1.165) is 12.8 Å². The molecule has 3 heteroatoms. The van der Waals surface area contributed by atoms with Gasteiger partial charge in [0.1, 0.15) is 0 Å². The van der Waals surface area contributed by atoms with Crippen LogP contribution >= 0.6 is 0 Å². The molecule has 0 aromatic rings. The summed E-state index contributed by atoms with van der Waals surface area (Å²) in [5.74, 6) is -0.510. The van der Waals surface area contributed by atoms with Crippen molar-refractivity contribution in [1.29, 1.82) is 0 Å². The van der Waals surface area contributed by atoms with Gasteiger partial charge in [-0.25, -0.2) is 4.79 Å². The number of rotatable bonds is 19. The smallest absolute Gasteiger partial charge is 0.301 e. The van der Waals surface area contributed by atoms with Crippen LogP contribution in [-0.2, 0) is 9.68 Å². The third-order valence-electron chi connectivity index (χ3n) is 5.04. The van der Waals surface area contributed by atoms with Crippen molar-refractivity contribution in [3.8, 4) is 0 Å². The Balaban J connectivity index is 0.